The molecule has 9 heteroatoms. The van der Waals surface area contributed by atoms with Crippen LogP contribution in [0.4, 0.5) is 0 Å². The first-order valence-electron chi connectivity index (χ1n) is 9.93. The van der Waals surface area contributed by atoms with Gasteiger partial charge in [-0.1, -0.05) is 25.4 Å². The van der Waals surface area contributed by atoms with Crippen molar-refractivity contribution in [1.82, 2.24) is 4.31 Å². The number of hydrogen-bond acceptors (Lipinski definition) is 6. The first-order chi connectivity index (χ1) is 14.6. The number of morpholine rings is 1. The smallest absolute Gasteiger partial charge is 0.343 e. The van der Waals surface area contributed by atoms with Crippen molar-refractivity contribution in [3.63, 3.8) is 0 Å². The number of aryl methyl sites for hydroxylation is 1. The molecule has 0 unspecified atom stereocenters. The van der Waals surface area contributed by atoms with E-state index in [4.69, 9.17) is 25.8 Å². The first kappa shape index (κ1) is 23.5. The maximum absolute atomic E-state index is 13.1. The van der Waals surface area contributed by atoms with Gasteiger partial charge >= 0.3 is 5.97 Å². The zero-order chi connectivity index (χ0) is 22.8. The first-order valence-corrected chi connectivity index (χ1v) is 11.7. The second-order valence-corrected chi connectivity index (χ2v) is 9.88. The number of methoxy groups -OCH3 is 1. The van der Waals surface area contributed by atoms with Crippen molar-refractivity contribution >= 4 is 27.6 Å². The van der Waals surface area contributed by atoms with Crippen LogP contribution >= 0.6 is 11.6 Å². The van der Waals surface area contributed by atoms with E-state index >= 15 is 0 Å². The summed E-state index contributed by atoms with van der Waals surface area (Å²) in [5, 5.41) is 0.590. The predicted octanol–water partition coefficient (Wildman–Crippen LogP) is 4.02. The van der Waals surface area contributed by atoms with Gasteiger partial charge in [0.05, 0.1) is 25.9 Å². The number of carbonyl (C=O) groups excluding carboxylic acids is 1. The van der Waals surface area contributed by atoms with E-state index in [1.54, 1.807) is 12.1 Å². The minimum atomic E-state index is -3.86. The Kier molecular flexibility index (Phi) is 7.26. The van der Waals surface area contributed by atoms with Crippen LogP contribution in [0.25, 0.3) is 0 Å². The maximum Gasteiger partial charge on any atom is 0.343 e. The van der Waals surface area contributed by atoms with Crippen LogP contribution in [0.15, 0.2) is 35.2 Å². The fourth-order valence-electron chi connectivity index (χ4n) is 3.30. The molecule has 0 N–H and O–H groups in total. The summed E-state index contributed by atoms with van der Waals surface area (Å²) in [5.41, 5.74) is 1.67. The lowest BCUT2D eigenvalue weighted by atomic mass is 10.0. The van der Waals surface area contributed by atoms with Crippen LogP contribution in [0.5, 0.6) is 11.5 Å². The molecule has 2 aromatic rings. The highest BCUT2D eigenvalue weighted by Crippen LogP contribution is 2.33. The van der Waals surface area contributed by atoms with Gasteiger partial charge in [0, 0.05) is 18.1 Å². The number of sulfonamides is 1. The number of benzene rings is 2. The number of carbonyl (C=O) groups is 1. The highest BCUT2D eigenvalue weighted by atomic mass is 35.5. The lowest BCUT2D eigenvalue weighted by molar-refractivity contribution is 0.0726. The molecule has 1 fully saturated rings. The third-order valence-electron chi connectivity index (χ3n) is 5.10. The number of nitrogens with zero attached hydrogens (tertiary/aromatic N) is 1. The molecule has 0 aromatic heterocycles. The summed E-state index contributed by atoms with van der Waals surface area (Å²) in [6.07, 6.45) is 0. The van der Waals surface area contributed by atoms with Gasteiger partial charge in [-0.15, -0.1) is 0 Å². The fraction of sp³-hybridized carbons (Fsp3) is 0.409. The zero-order valence-electron chi connectivity index (χ0n) is 18.0. The van der Waals surface area contributed by atoms with Gasteiger partial charge in [0.15, 0.2) is 0 Å². The minimum absolute atomic E-state index is 0.0778. The molecule has 0 bridgehead atoms. The quantitative estimate of drug-likeness (QED) is 0.471. The molecule has 31 heavy (non-hydrogen) atoms. The van der Waals surface area contributed by atoms with Crippen LogP contribution in [0.1, 0.15) is 41.3 Å². The Morgan fingerprint density at radius 3 is 2.42 bits per heavy atom. The summed E-state index contributed by atoms with van der Waals surface area (Å²) in [5.74, 6) is -0.0257. The molecule has 7 nitrogen and oxygen atoms in total. The van der Waals surface area contributed by atoms with Gasteiger partial charge in [-0.2, -0.15) is 4.31 Å². The summed E-state index contributed by atoms with van der Waals surface area (Å²) < 4.78 is 43.8. The van der Waals surface area contributed by atoms with E-state index in [-0.39, 0.29) is 35.2 Å². The Labute approximate surface area is 187 Å². The Hall–Kier alpha value is -2.13. The van der Waals surface area contributed by atoms with Crippen LogP contribution < -0.4 is 9.47 Å². The normalized spacial score (nSPS) is 15.2. The van der Waals surface area contributed by atoms with Gasteiger partial charge in [-0.05, 0) is 54.3 Å². The molecular weight excluding hydrogens is 442 g/mol. The predicted molar refractivity (Wildman–Crippen MR) is 118 cm³/mol. The fourth-order valence-corrected chi connectivity index (χ4v) is 5.06. The van der Waals surface area contributed by atoms with E-state index in [1.165, 1.54) is 29.6 Å². The van der Waals surface area contributed by atoms with Crippen molar-refractivity contribution < 1.29 is 27.4 Å². The van der Waals surface area contributed by atoms with Crippen LogP contribution in [0, 0.1) is 6.92 Å². The van der Waals surface area contributed by atoms with Crippen molar-refractivity contribution in [3.8, 4) is 11.5 Å². The van der Waals surface area contributed by atoms with Crippen molar-refractivity contribution in [1.29, 1.82) is 0 Å². The Bertz CT molecular complexity index is 1080. The Balaban J connectivity index is 1.96. The lowest BCUT2D eigenvalue weighted by Gasteiger charge is -2.26. The second kappa shape index (κ2) is 9.56. The molecule has 1 aliphatic heterocycles. The molecule has 168 valence electrons. The molecular formula is C22H26ClNO6S. The number of rotatable bonds is 6. The molecule has 2 aromatic carbocycles. The zero-order valence-corrected chi connectivity index (χ0v) is 19.5. The van der Waals surface area contributed by atoms with Crippen molar-refractivity contribution in [3.05, 3.63) is 52.0 Å². The molecule has 0 radical (unpaired) electrons. The summed E-state index contributed by atoms with van der Waals surface area (Å²) in [4.78, 5) is 12.8. The van der Waals surface area contributed by atoms with E-state index in [9.17, 15) is 13.2 Å². The van der Waals surface area contributed by atoms with Crippen LogP contribution in [0.3, 0.4) is 0 Å². The van der Waals surface area contributed by atoms with Crippen LogP contribution in [-0.4, -0.2) is 52.1 Å². The van der Waals surface area contributed by atoms with Crippen molar-refractivity contribution in [2.24, 2.45) is 0 Å². The molecule has 0 saturated carbocycles. The lowest BCUT2D eigenvalue weighted by Crippen LogP contribution is -2.40. The monoisotopic (exact) mass is 467 g/mol. The average molecular weight is 468 g/mol. The summed E-state index contributed by atoms with van der Waals surface area (Å²) in [6.45, 7) is 6.87. The molecule has 0 amide bonds. The Morgan fingerprint density at radius 1 is 1.13 bits per heavy atom. The highest BCUT2D eigenvalue weighted by Gasteiger charge is 2.30. The van der Waals surface area contributed by atoms with Crippen molar-refractivity contribution in [2.45, 2.75) is 31.6 Å². The van der Waals surface area contributed by atoms with E-state index in [1.807, 2.05) is 20.8 Å². The van der Waals surface area contributed by atoms with E-state index < -0.39 is 16.0 Å². The van der Waals surface area contributed by atoms with Gasteiger partial charge in [-0.3, -0.25) is 0 Å². The Morgan fingerprint density at radius 2 is 1.81 bits per heavy atom. The molecule has 1 heterocycles. The van der Waals surface area contributed by atoms with Crippen molar-refractivity contribution in [2.75, 3.05) is 33.4 Å². The van der Waals surface area contributed by atoms with E-state index in [2.05, 4.69) is 0 Å². The van der Waals surface area contributed by atoms with Crippen LogP contribution in [-0.2, 0) is 14.8 Å². The number of hydrogen-bond donors (Lipinski definition) is 0. The van der Waals surface area contributed by atoms with E-state index in [0.717, 1.165) is 11.1 Å². The third-order valence-corrected chi connectivity index (χ3v) is 7.43. The summed E-state index contributed by atoms with van der Waals surface area (Å²) in [6, 6.07) is 7.73. The van der Waals surface area contributed by atoms with Gasteiger partial charge < -0.3 is 14.2 Å². The standard InChI is InChI=1S/C22H26ClNO6S/c1-14(2)17-13-18(23)15(3)11-20(17)30-22(25)16-5-6-19(28-4)21(12-16)31(26,27)24-7-9-29-10-8-24/h5-6,11-14H,7-10H2,1-4H3. The van der Waals surface area contributed by atoms with Gasteiger partial charge in [0.25, 0.3) is 0 Å². The molecule has 0 spiro atoms. The summed E-state index contributed by atoms with van der Waals surface area (Å²) >= 11 is 6.23. The second-order valence-electron chi connectivity index (χ2n) is 7.57. The SMILES string of the molecule is COc1ccc(C(=O)Oc2cc(C)c(Cl)cc2C(C)C)cc1S(=O)(=O)N1CCOCC1. The van der Waals surface area contributed by atoms with Gasteiger partial charge in [0.2, 0.25) is 10.0 Å². The topological polar surface area (TPSA) is 82.1 Å². The van der Waals surface area contributed by atoms with Gasteiger partial charge in [-0.25, -0.2) is 13.2 Å². The van der Waals surface area contributed by atoms with Gasteiger partial charge in [0.1, 0.15) is 16.4 Å². The molecule has 0 aliphatic carbocycles. The largest absolute Gasteiger partial charge is 0.495 e. The summed E-state index contributed by atoms with van der Waals surface area (Å²) in [7, 11) is -2.48. The van der Waals surface area contributed by atoms with E-state index in [0.29, 0.717) is 24.0 Å². The number of halogens is 1. The number of ether oxygens (including phenoxy) is 3. The highest BCUT2D eigenvalue weighted by molar-refractivity contribution is 7.89. The van der Waals surface area contributed by atoms with Crippen LogP contribution in [0.2, 0.25) is 5.02 Å². The molecule has 1 aliphatic rings. The maximum atomic E-state index is 13.1. The molecule has 0 atom stereocenters. The number of esters is 1. The molecule has 3 rings (SSSR count). The third kappa shape index (κ3) is 5.03. The average Bonchev–Trinajstić information content (AvgIpc) is 2.76. The molecule has 1 saturated heterocycles. The minimum Gasteiger partial charge on any atom is -0.495 e.